The van der Waals surface area contributed by atoms with Crippen LogP contribution in [-0.4, -0.2) is 56.2 Å². The van der Waals surface area contributed by atoms with Crippen molar-refractivity contribution in [3.8, 4) is 57.5 Å². The number of rotatable bonds is 14. The third-order valence-electron chi connectivity index (χ3n) is 12.3. The number of ether oxygens (including phenoxy) is 10. The molecule has 0 saturated carbocycles. The van der Waals surface area contributed by atoms with Crippen LogP contribution in [0.5, 0.6) is 57.5 Å². The molecule has 2 aliphatic heterocycles. The molecule has 0 bridgehead atoms. The Morgan fingerprint density at radius 3 is 0.831 bits per heavy atom. The highest BCUT2D eigenvalue weighted by molar-refractivity contribution is 7.80. The standard InChI is InChI=1S/C53H58O10P2/c1-28-15-36(16-29(2)46(28)56-11)64(37-17-30(3)47(57-12)31(4)18-37)44-24-42(54-9)52-50(60-26-62-52)40(44)23-41-45(25-43(55-10)53-51(41)61-27-63-53)65(38-19-32(5)48(58-13)33(6)20-38)39-21-34(7)49(59-14)35(8)22-39/h15-22,24-25H,23,26-27H2,1-14H3. The number of benzene rings is 6. The molecule has 0 aliphatic carbocycles. The lowest BCUT2D eigenvalue weighted by atomic mass is 10.0. The molecule has 6 aromatic rings. The molecule has 0 spiro atoms. The van der Waals surface area contributed by atoms with E-state index in [9.17, 15) is 0 Å². The van der Waals surface area contributed by atoms with E-state index in [0.29, 0.717) is 40.9 Å². The van der Waals surface area contributed by atoms with Gasteiger partial charge in [0.2, 0.25) is 25.1 Å². The Kier molecular flexibility index (Phi) is 13.1. The van der Waals surface area contributed by atoms with Crippen molar-refractivity contribution in [2.75, 3.05) is 56.2 Å². The quantitative estimate of drug-likeness (QED) is 0.0989. The SMILES string of the molecule is COc1cc(P(c2cc(C)c(OC)c(C)c2)c2cc(C)c(OC)c(C)c2)c(Cc2c(P(c3cc(C)c(OC)c(C)c3)c3cc(C)c(OC)c(C)c3)cc(OC)c3c2OCO3)c2c1OCO2. The molecule has 2 aliphatic rings. The summed E-state index contributed by atoms with van der Waals surface area (Å²) >= 11 is 0. The van der Waals surface area contributed by atoms with Crippen LogP contribution in [0.25, 0.3) is 0 Å². The van der Waals surface area contributed by atoms with Gasteiger partial charge in [0, 0.05) is 17.5 Å². The molecule has 0 fully saturated rings. The largest absolute Gasteiger partial charge is 0.496 e. The van der Waals surface area contributed by atoms with E-state index in [-0.39, 0.29) is 13.6 Å². The van der Waals surface area contributed by atoms with Gasteiger partial charge >= 0.3 is 0 Å². The lowest BCUT2D eigenvalue weighted by Gasteiger charge is -2.29. The molecule has 0 amide bonds. The molecule has 0 atom stereocenters. The first-order valence-electron chi connectivity index (χ1n) is 21.5. The van der Waals surface area contributed by atoms with Gasteiger partial charge in [0.05, 0.1) is 42.7 Å². The molecule has 0 radical (unpaired) electrons. The first-order valence-corrected chi connectivity index (χ1v) is 24.2. The summed E-state index contributed by atoms with van der Waals surface area (Å²) in [5.41, 5.74) is 10.3. The summed E-state index contributed by atoms with van der Waals surface area (Å²) in [7, 11) is 7.67. The van der Waals surface area contributed by atoms with E-state index in [1.165, 1.54) is 0 Å². The van der Waals surface area contributed by atoms with Crippen molar-refractivity contribution in [2.45, 2.75) is 61.8 Å². The van der Waals surface area contributed by atoms with Crippen LogP contribution in [0.15, 0.2) is 60.7 Å². The minimum Gasteiger partial charge on any atom is -0.496 e. The average Bonchev–Trinajstić information content (AvgIpc) is 3.96. The van der Waals surface area contributed by atoms with Crippen molar-refractivity contribution >= 4 is 47.7 Å². The van der Waals surface area contributed by atoms with Gasteiger partial charge in [-0.05, 0) is 208 Å². The number of hydrogen-bond donors (Lipinski definition) is 0. The molecule has 0 N–H and O–H groups in total. The Labute approximate surface area is 385 Å². The monoisotopic (exact) mass is 916 g/mol. The summed E-state index contributed by atoms with van der Waals surface area (Å²) in [5.74, 6) is 7.09. The van der Waals surface area contributed by atoms with Crippen molar-refractivity contribution in [3.05, 3.63) is 116 Å². The first kappa shape index (κ1) is 45.7. The summed E-state index contributed by atoms with van der Waals surface area (Å²) in [5, 5.41) is 6.71. The third-order valence-corrected chi connectivity index (χ3v) is 17.1. The fourth-order valence-corrected chi connectivity index (χ4v) is 15.4. The number of hydrogen-bond acceptors (Lipinski definition) is 10. The smallest absolute Gasteiger partial charge is 0.231 e. The fourth-order valence-electron chi connectivity index (χ4n) is 9.75. The molecular formula is C53H58O10P2. The van der Waals surface area contributed by atoms with Crippen LogP contribution in [0.2, 0.25) is 0 Å². The van der Waals surface area contributed by atoms with Crippen LogP contribution in [0.1, 0.15) is 55.6 Å². The van der Waals surface area contributed by atoms with Gasteiger partial charge in [-0.25, -0.2) is 0 Å². The highest BCUT2D eigenvalue weighted by atomic mass is 31.1. The van der Waals surface area contributed by atoms with Gasteiger partial charge in [-0.1, -0.05) is 0 Å². The van der Waals surface area contributed by atoms with Gasteiger partial charge < -0.3 is 47.4 Å². The Bertz CT molecular complexity index is 2430. The van der Waals surface area contributed by atoms with E-state index in [4.69, 9.17) is 47.4 Å². The predicted molar refractivity (Wildman–Crippen MR) is 263 cm³/mol. The van der Waals surface area contributed by atoms with Crippen LogP contribution in [-0.2, 0) is 6.42 Å². The lowest BCUT2D eigenvalue weighted by Crippen LogP contribution is -2.28. The van der Waals surface area contributed by atoms with E-state index in [0.717, 1.165) is 110 Å². The molecular weight excluding hydrogens is 859 g/mol. The van der Waals surface area contributed by atoms with Gasteiger partial charge in [-0.3, -0.25) is 0 Å². The van der Waals surface area contributed by atoms with Gasteiger partial charge in [0.15, 0.2) is 23.0 Å². The fraction of sp³-hybridized carbons (Fsp3) is 0.321. The van der Waals surface area contributed by atoms with E-state index in [1.807, 2.05) is 0 Å². The number of methoxy groups -OCH3 is 6. The van der Waals surface area contributed by atoms with E-state index in [2.05, 4.69) is 116 Å². The third kappa shape index (κ3) is 8.14. The van der Waals surface area contributed by atoms with Crippen LogP contribution in [0.4, 0.5) is 0 Å². The highest BCUT2D eigenvalue weighted by Crippen LogP contribution is 2.53. The summed E-state index contributed by atoms with van der Waals surface area (Å²) in [6.45, 7) is 16.9. The molecule has 6 aromatic carbocycles. The highest BCUT2D eigenvalue weighted by Gasteiger charge is 2.36. The molecule has 10 nitrogen and oxygen atoms in total. The summed E-state index contributed by atoms with van der Waals surface area (Å²) < 4.78 is 61.5. The van der Waals surface area contributed by atoms with Crippen molar-refractivity contribution in [1.29, 1.82) is 0 Å². The van der Waals surface area contributed by atoms with Crippen molar-refractivity contribution in [1.82, 2.24) is 0 Å². The van der Waals surface area contributed by atoms with Gasteiger partial charge in [-0.2, -0.15) is 0 Å². The van der Waals surface area contributed by atoms with Crippen LogP contribution in [0.3, 0.4) is 0 Å². The van der Waals surface area contributed by atoms with Crippen LogP contribution in [0, 0.1) is 55.4 Å². The zero-order chi connectivity index (χ0) is 46.4. The maximum absolute atomic E-state index is 6.57. The van der Waals surface area contributed by atoms with E-state index < -0.39 is 15.8 Å². The number of fused-ring (bicyclic) bond motifs is 2. The lowest BCUT2D eigenvalue weighted by molar-refractivity contribution is 0.170. The van der Waals surface area contributed by atoms with E-state index in [1.54, 1.807) is 42.7 Å². The van der Waals surface area contributed by atoms with Crippen LogP contribution >= 0.6 is 15.8 Å². The van der Waals surface area contributed by atoms with Crippen molar-refractivity contribution < 1.29 is 47.4 Å². The van der Waals surface area contributed by atoms with Gasteiger partial charge in [-0.15, -0.1) is 0 Å². The second kappa shape index (κ2) is 18.6. The molecule has 8 rings (SSSR count). The second-order valence-corrected chi connectivity index (χ2v) is 21.0. The Morgan fingerprint density at radius 1 is 0.354 bits per heavy atom. The Hall–Kier alpha value is -5.82. The molecule has 340 valence electrons. The molecule has 65 heavy (non-hydrogen) atoms. The molecule has 0 unspecified atom stereocenters. The molecule has 2 heterocycles. The van der Waals surface area contributed by atoms with Crippen LogP contribution < -0.4 is 79.2 Å². The minimum absolute atomic E-state index is 0.0519. The molecule has 12 heteroatoms. The zero-order valence-electron chi connectivity index (χ0n) is 39.9. The predicted octanol–water partition coefficient (Wildman–Crippen LogP) is 8.77. The topological polar surface area (TPSA) is 92.3 Å². The normalized spacial score (nSPS) is 12.6. The zero-order valence-corrected chi connectivity index (χ0v) is 41.7. The summed E-state index contributed by atoms with van der Waals surface area (Å²) in [6, 6.07) is 22.3. The first-order chi connectivity index (χ1) is 31.3. The van der Waals surface area contributed by atoms with Crippen molar-refractivity contribution in [2.24, 2.45) is 0 Å². The second-order valence-electron chi connectivity index (χ2n) is 16.6. The Balaban J connectivity index is 1.47. The molecule has 0 aromatic heterocycles. The van der Waals surface area contributed by atoms with Gasteiger partial charge in [0.25, 0.3) is 0 Å². The maximum Gasteiger partial charge on any atom is 0.231 e. The van der Waals surface area contributed by atoms with Crippen molar-refractivity contribution in [3.63, 3.8) is 0 Å². The summed E-state index contributed by atoms with van der Waals surface area (Å²) in [6.07, 6.45) is 0.401. The van der Waals surface area contributed by atoms with Gasteiger partial charge in [0.1, 0.15) is 23.0 Å². The van der Waals surface area contributed by atoms with E-state index >= 15 is 0 Å². The summed E-state index contributed by atoms with van der Waals surface area (Å²) in [4.78, 5) is 0. The minimum atomic E-state index is -1.29. The molecule has 0 saturated heterocycles. The maximum atomic E-state index is 6.57. The average molecular weight is 917 g/mol. The number of aryl methyl sites for hydroxylation is 8. The Morgan fingerprint density at radius 2 is 0.600 bits per heavy atom.